The van der Waals surface area contributed by atoms with Gasteiger partial charge in [0.1, 0.15) is 0 Å². The van der Waals surface area contributed by atoms with Crippen LogP contribution in [0.1, 0.15) is 11.1 Å². The smallest absolute Gasteiger partial charge is 0.398 e. The Bertz CT molecular complexity index is 717. The van der Waals surface area contributed by atoms with Gasteiger partial charge in [-0.1, -0.05) is 24.3 Å². The Morgan fingerprint density at radius 3 is 1.42 bits per heavy atom. The van der Waals surface area contributed by atoms with E-state index in [2.05, 4.69) is 0 Å². The van der Waals surface area contributed by atoms with E-state index in [0.717, 1.165) is 24.3 Å². The van der Waals surface area contributed by atoms with Gasteiger partial charge in [-0.05, 0) is 18.2 Å². The zero-order valence-corrected chi connectivity index (χ0v) is 12.0. The molecule has 3 nitrogen and oxygen atoms in total. The number of benzene rings is 2. The third kappa shape index (κ3) is 2.40. The second-order valence-electron chi connectivity index (χ2n) is 5.14. The lowest BCUT2D eigenvalue weighted by molar-refractivity contribution is -0.288. The van der Waals surface area contributed by atoms with Crippen molar-refractivity contribution in [3.63, 3.8) is 0 Å². The van der Waals surface area contributed by atoms with Crippen molar-refractivity contribution < 1.29 is 26.3 Å². The lowest BCUT2D eigenvalue weighted by Crippen LogP contribution is -2.55. The van der Waals surface area contributed by atoms with Crippen LogP contribution in [0.15, 0.2) is 42.5 Å². The first-order valence-corrected chi connectivity index (χ1v) is 6.57. The van der Waals surface area contributed by atoms with Crippen molar-refractivity contribution in [1.82, 2.24) is 0 Å². The minimum atomic E-state index is -5.79. The maximum absolute atomic E-state index is 13.9. The number of hydrogen-bond acceptors (Lipinski definition) is 3. The molecule has 0 saturated carbocycles. The van der Waals surface area contributed by atoms with Gasteiger partial charge in [0.15, 0.2) is 0 Å². The molecule has 0 saturated heterocycles. The summed E-state index contributed by atoms with van der Waals surface area (Å²) in [5, 5.41) is 0. The van der Waals surface area contributed by atoms with Gasteiger partial charge in [0.25, 0.3) is 0 Å². The number of rotatable bonds is 2. The number of hydrogen-bond donors (Lipinski definition) is 3. The summed E-state index contributed by atoms with van der Waals surface area (Å²) in [5.74, 6) is 0. The van der Waals surface area contributed by atoms with Gasteiger partial charge in [-0.15, -0.1) is 0 Å². The van der Waals surface area contributed by atoms with Crippen molar-refractivity contribution in [3.05, 3.63) is 53.6 Å². The molecule has 2 aromatic rings. The van der Waals surface area contributed by atoms with Crippen LogP contribution in [0.4, 0.5) is 43.4 Å². The lowest BCUT2D eigenvalue weighted by atomic mass is 9.71. The van der Waals surface area contributed by atoms with E-state index in [1.165, 1.54) is 12.1 Å². The van der Waals surface area contributed by atoms with Crippen LogP contribution >= 0.6 is 0 Å². The molecule has 0 aliphatic carbocycles. The third-order valence-corrected chi connectivity index (χ3v) is 3.72. The number of anilines is 3. The first kappa shape index (κ1) is 17.8. The van der Waals surface area contributed by atoms with Crippen molar-refractivity contribution in [2.45, 2.75) is 17.8 Å². The Labute approximate surface area is 133 Å². The average Bonchev–Trinajstić information content (AvgIpc) is 2.41. The molecule has 2 aromatic carbocycles. The second kappa shape index (κ2) is 5.50. The summed E-state index contributed by atoms with van der Waals surface area (Å²) in [7, 11) is 0. The molecule has 0 fully saturated rings. The summed E-state index contributed by atoms with van der Waals surface area (Å²) >= 11 is 0. The quantitative estimate of drug-likeness (QED) is 0.569. The maximum atomic E-state index is 13.9. The van der Waals surface area contributed by atoms with Crippen molar-refractivity contribution >= 4 is 17.1 Å². The molecular weight excluding hydrogens is 336 g/mol. The van der Waals surface area contributed by atoms with Crippen molar-refractivity contribution in [2.75, 3.05) is 17.2 Å². The summed E-state index contributed by atoms with van der Waals surface area (Å²) in [5.41, 5.74) is 7.37. The van der Waals surface area contributed by atoms with E-state index in [1.54, 1.807) is 0 Å². The van der Waals surface area contributed by atoms with E-state index in [1.807, 2.05) is 0 Å². The van der Waals surface area contributed by atoms with Crippen LogP contribution in [0, 0.1) is 0 Å². The molecule has 0 spiro atoms. The molecule has 0 atom stereocenters. The molecule has 0 aliphatic heterocycles. The second-order valence-corrected chi connectivity index (χ2v) is 5.14. The Balaban J connectivity index is 3.09. The van der Waals surface area contributed by atoms with Gasteiger partial charge in [-0.25, -0.2) is 0 Å². The van der Waals surface area contributed by atoms with Crippen LogP contribution in [-0.4, -0.2) is 12.4 Å². The summed E-state index contributed by atoms with van der Waals surface area (Å²) in [6, 6.07) is 6.91. The molecule has 0 unspecified atom stereocenters. The largest absolute Gasteiger partial charge is 0.411 e. The van der Waals surface area contributed by atoms with Gasteiger partial charge in [0.05, 0.1) is 0 Å². The van der Waals surface area contributed by atoms with Gasteiger partial charge < -0.3 is 17.2 Å². The zero-order valence-electron chi connectivity index (χ0n) is 12.0. The number of nitrogens with two attached hydrogens (primary N) is 3. The van der Waals surface area contributed by atoms with Gasteiger partial charge in [0.2, 0.25) is 5.41 Å². The molecule has 0 aliphatic rings. The van der Waals surface area contributed by atoms with Crippen LogP contribution in [0.25, 0.3) is 0 Å². The number of para-hydroxylation sites is 1. The van der Waals surface area contributed by atoms with E-state index in [-0.39, 0.29) is 0 Å². The van der Waals surface area contributed by atoms with Crippen molar-refractivity contribution in [3.8, 4) is 0 Å². The van der Waals surface area contributed by atoms with E-state index in [0.29, 0.717) is 6.07 Å². The van der Waals surface area contributed by atoms with Crippen LogP contribution in [0.3, 0.4) is 0 Å². The highest BCUT2D eigenvalue weighted by atomic mass is 19.4. The fourth-order valence-corrected chi connectivity index (χ4v) is 2.74. The van der Waals surface area contributed by atoms with E-state index >= 15 is 0 Å². The molecule has 6 N–H and O–H groups in total. The van der Waals surface area contributed by atoms with E-state index in [9.17, 15) is 26.3 Å². The monoisotopic (exact) mass is 349 g/mol. The van der Waals surface area contributed by atoms with Gasteiger partial charge in [0, 0.05) is 28.2 Å². The first-order chi connectivity index (χ1) is 10.9. The zero-order chi connectivity index (χ0) is 18.3. The van der Waals surface area contributed by atoms with Crippen LogP contribution in [0.5, 0.6) is 0 Å². The molecule has 130 valence electrons. The Morgan fingerprint density at radius 2 is 1.00 bits per heavy atom. The fraction of sp³-hybridized carbons (Fsp3) is 0.200. The topological polar surface area (TPSA) is 78.1 Å². The fourth-order valence-electron chi connectivity index (χ4n) is 2.74. The summed E-state index contributed by atoms with van der Waals surface area (Å²) in [6.07, 6.45) is -11.6. The van der Waals surface area contributed by atoms with Crippen molar-refractivity contribution in [1.29, 1.82) is 0 Å². The summed E-state index contributed by atoms with van der Waals surface area (Å²) < 4.78 is 83.4. The predicted octanol–water partition coefficient (Wildman–Crippen LogP) is 3.84. The standard InChI is InChI=1S/C15H13F6N3/c16-14(17,18)13(15(19,20)21,8-4-1-2-5-9(8)22)12-10(23)6-3-7-11(12)24/h1-7H,22-24H2. The summed E-state index contributed by atoms with van der Waals surface area (Å²) in [6.45, 7) is 0. The van der Waals surface area contributed by atoms with Crippen LogP contribution in [0.2, 0.25) is 0 Å². The van der Waals surface area contributed by atoms with Crippen LogP contribution in [-0.2, 0) is 5.41 Å². The molecule has 0 amide bonds. The minimum Gasteiger partial charge on any atom is -0.398 e. The molecule has 0 radical (unpaired) electrons. The number of halogens is 6. The normalized spacial score (nSPS) is 13.1. The average molecular weight is 349 g/mol. The van der Waals surface area contributed by atoms with Crippen molar-refractivity contribution in [2.24, 2.45) is 0 Å². The highest BCUT2D eigenvalue weighted by molar-refractivity contribution is 5.71. The van der Waals surface area contributed by atoms with E-state index in [4.69, 9.17) is 17.2 Å². The molecule has 0 aromatic heterocycles. The predicted molar refractivity (Wildman–Crippen MR) is 79.0 cm³/mol. The molecule has 9 heteroatoms. The molecule has 24 heavy (non-hydrogen) atoms. The number of nitrogen functional groups attached to an aromatic ring is 3. The Morgan fingerprint density at radius 1 is 0.583 bits per heavy atom. The third-order valence-electron chi connectivity index (χ3n) is 3.72. The Kier molecular flexibility index (Phi) is 4.07. The number of alkyl halides is 6. The first-order valence-electron chi connectivity index (χ1n) is 6.57. The lowest BCUT2D eigenvalue weighted by Gasteiger charge is -2.40. The molecular formula is C15H13F6N3. The summed E-state index contributed by atoms with van der Waals surface area (Å²) in [4.78, 5) is 0. The highest BCUT2D eigenvalue weighted by Crippen LogP contribution is 2.59. The van der Waals surface area contributed by atoms with Crippen LogP contribution < -0.4 is 17.2 Å². The molecule has 0 heterocycles. The van der Waals surface area contributed by atoms with Gasteiger partial charge >= 0.3 is 12.4 Å². The molecule has 0 bridgehead atoms. The Hall–Kier alpha value is -2.58. The van der Waals surface area contributed by atoms with E-state index < -0.39 is 46.0 Å². The van der Waals surface area contributed by atoms with Gasteiger partial charge in [-0.2, -0.15) is 26.3 Å². The SMILES string of the molecule is Nc1ccccc1C(c1c(N)cccc1N)(C(F)(F)F)C(F)(F)F. The maximum Gasteiger partial charge on any atom is 0.411 e. The molecule has 2 rings (SSSR count). The minimum absolute atomic E-state index is 0.669. The van der Waals surface area contributed by atoms with Gasteiger partial charge in [-0.3, -0.25) is 0 Å². The highest BCUT2D eigenvalue weighted by Gasteiger charge is 2.74.